The first-order chi connectivity index (χ1) is 18.5. The van der Waals surface area contributed by atoms with E-state index in [0.29, 0.717) is 23.7 Å². The molecular weight excluding hydrogens is 476 g/mol. The summed E-state index contributed by atoms with van der Waals surface area (Å²) in [4.78, 5) is 31.8. The van der Waals surface area contributed by atoms with Crippen LogP contribution in [0.3, 0.4) is 0 Å². The summed E-state index contributed by atoms with van der Waals surface area (Å²) in [6.07, 6.45) is 18.1. The van der Waals surface area contributed by atoms with E-state index >= 15 is 0 Å². The number of nitrogens with zero attached hydrogens (tertiary/aromatic N) is 4. The number of nitrogens with one attached hydrogen (secondary N) is 2. The zero-order valence-electron chi connectivity index (χ0n) is 23.6. The summed E-state index contributed by atoms with van der Waals surface area (Å²) in [6, 6.07) is 9.88. The smallest absolute Gasteiger partial charge is 0.303 e. The zero-order valence-corrected chi connectivity index (χ0v) is 23.6. The molecule has 0 saturated heterocycles. The molecule has 3 aromatic rings. The minimum atomic E-state index is -0.473. The van der Waals surface area contributed by atoms with Crippen LogP contribution in [-0.2, 0) is 13.6 Å². The van der Waals surface area contributed by atoms with Crippen molar-refractivity contribution < 1.29 is 0 Å². The number of hydrogen-bond donors (Lipinski definition) is 2. The number of hydrazone groups is 1. The molecule has 0 bridgehead atoms. The van der Waals surface area contributed by atoms with Gasteiger partial charge in [-0.3, -0.25) is 14.3 Å². The van der Waals surface area contributed by atoms with E-state index in [1.807, 2.05) is 41.8 Å². The van der Waals surface area contributed by atoms with Gasteiger partial charge in [0.15, 0.2) is 11.2 Å². The number of aromatic nitrogens is 4. The molecule has 0 atom stereocenters. The van der Waals surface area contributed by atoms with Crippen molar-refractivity contribution in [2.45, 2.75) is 110 Å². The molecule has 0 fully saturated rings. The van der Waals surface area contributed by atoms with Crippen molar-refractivity contribution in [2.24, 2.45) is 12.1 Å². The molecule has 0 aliphatic heterocycles. The fourth-order valence-electron chi connectivity index (χ4n) is 4.88. The molecule has 2 N–H and O–H groups in total. The van der Waals surface area contributed by atoms with Crippen molar-refractivity contribution in [1.82, 2.24) is 19.1 Å². The van der Waals surface area contributed by atoms with Gasteiger partial charge >= 0.3 is 5.69 Å². The van der Waals surface area contributed by atoms with E-state index in [1.165, 1.54) is 81.6 Å². The average molecular weight is 523 g/mol. The first-order valence-corrected chi connectivity index (χ1v) is 14.6. The van der Waals surface area contributed by atoms with Crippen molar-refractivity contribution in [2.75, 3.05) is 5.43 Å². The van der Waals surface area contributed by atoms with Gasteiger partial charge in [0.2, 0.25) is 5.95 Å². The number of rotatable bonds is 18. The number of benzene rings is 1. The number of aryl methyl sites for hydroxylation is 2. The summed E-state index contributed by atoms with van der Waals surface area (Å²) in [5.74, 6) is 0.469. The molecule has 0 saturated carbocycles. The van der Waals surface area contributed by atoms with Gasteiger partial charge in [-0.05, 0) is 18.9 Å². The lowest BCUT2D eigenvalue weighted by atomic mass is 10.0. The molecule has 0 spiro atoms. The lowest BCUT2D eigenvalue weighted by Gasteiger charge is -2.09. The summed E-state index contributed by atoms with van der Waals surface area (Å²) < 4.78 is 3.23. The Labute approximate surface area is 226 Å². The molecule has 0 aliphatic rings. The van der Waals surface area contributed by atoms with E-state index in [1.54, 1.807) is 7.05 Å². The van der Waals surface area contributed by atoms with Crippen LogP contribution in [0.2, 0.25) is 0 Å². The van der Waals surface area contributed by atoms with Crippen molar-refractivity contribution in [3.05, 3.63) is 56.7 Å². The van der Waals surface area contributed by atoms with Crippen LogP contribution < -0.4 is 16.7 Å². The first-order valence-electron chi connectivity index (χ1n) is 14.6. The molecule has 3 rings (SSSR count). The van der Waals surface area contributed by atoms with E-state index < -0.39 is 11.2 Å². The Bertz CT molecular complexity index is 1260. The second-order valence-electron chi connectivity index (χ2n) is 10.3. The maximum atomic E-state index is 12.7. The highest BCUT2D eigenvalue weighted by molar-refractivity contribution is 5.99. The van der Waals surface area contributed by atoms with Crippen LogP contribution in [-0.4, -0.2) is 24.8 Å². The molecule has 2 aromatic heterocycles. The molecule has 0 amide bonds. The second kappa shape index (κ2) is 15.9. The number of fused-ring (bicyclic) bond motifs is 1. The third-order valence-electron chi connectivity index (χ3n) is 7.26. The predicted molar refractivity (Wildman–Crippen MR) is 158 cm³/mol. The first kappa shape index (κ1) is 29.4. The van der Waals surface area contributed by atoms with Crippen molar-refractivity contribution in [3.63, 3.8) is 0 Å². The van der Waals surface area contributed by atoms with Crippen LogP contribution in [0.1, 0.15) is 109 Å². The standard InChI is InChI=1S/C30H46N6O2/c1-4-5-6-7-8-9-10-11-12-13-14-15-16-20-23-36-26-27(35(3)30(38)32-28(26)37)31-29(36)34-33-24(2)25-21-18-17-19-22-25/h17-19,21-22H,4-16,20,23H2,1-3H3,(H,31,34)(H,32,37,38)/b33-24-. The number of H-pyrrole nitrogens is 1. The fourth-order valence-corrected chi connectivity index (χ4v) is 4.88. The van der Waals surface area contributed by atoms with Crippen LogP contribution in [0.25, 0.3) is 11.2 Å². The number of hydrogen-bond acceptors (Lipinski definition) is 5. The topological polar surface area (TPSA) is 97.1 Å². The third-order valence-corrected chi connectivity index (χ3v) is 7.26. The molecule has 1 aromatic carbocycles. The number of unbranched alkanes of at least 4 members (excludes halogenated alkanes) is 13. The Morgan fingerprint density at radius 1 is 0.868 bits per heavy atom. The van der Waals surface area contributed by atoms with Gasteiger partial charge in [-0.15, -0.1) is 0 Å². The van der Waals surface area contributed by atoms with E-state index in [0.717, 1.165) is 24.1 Å². The van der Waals surface area contributed by atoms with Crippen LogP contribution in [0.15, 0.2) is 45.0 Å². The quantitative estimate of drug-likeness (QED) is 0.110. The Morgan fingerprint density at radius 2 is 1.42 bits per heavy atom. The maximum absolute atomic E-state index is 12.7. The van der Waals surface area contributed by atoms with Gasteiger partial charge in [-0.25, -0.2) is 10.2 Å². The van der Waals surface area contributed by atoms with Gasteiger partial charge in [0, 0.05) is 13.6 Å². The molecule has 2 heterocycles. The highest BCUT2D eigenvalue weighted by atomic mass is 16.2. The van der Waals surface area contributed by atoms with E-state index in [2.05, 4.69) is 27.4 Å². The summed E-state index contributed by atoms with van der Waals surface area (Å²) in [7, 11) is 1.62. The van der Waals surface area contributed by atoms with Gasteiger partial charge in [-0.1, -0.05) is 121 Å². The Kier molecular flexibility index (Phi) is 12.3. The van der Waals surface area contributed by atoms with E-state index in [9.17, 15) is 9.59 Å². The average Bonchev–Trinajstić information content (AvgIpc) is 3.30. The van der Waals surface area contributed by atoms with E-state index in [4.69, 9.17) is 0 Å². The lowest BCUT2D eigenvalue weighted by molar-refractivity contribution is 0.526. The summed E-state index contributed by atoms with van der Waals surface area (Å²) in [6.45, 7) is 4.83. The van der Waals surface area contributed by atoms with Crippen molar-refractivity contribution in [1.29, 1.82) is 0 Å². The van der Waals surface area contributed by atoms with Crippen molar-refractivity contribution in [3.8, 4) is 0 Å². The third kappa shape index (κ3) is 8.71. The minimum Gasteiger partial charge on any atom is -0.303 e. The molecule has 0 radical (unpaired) electrons. The summed E-state index contributed by atoms with van der Waals surface area (Å²) in [5, 5.41) is 4.50. The molecule has 38 heavy (non-hydrogen) atoms. The van der Waals surface area contributed by atoms with E-state index in [-0.39, 0.29) is 0 Å². The SMILES string of the molecule is CCCCCCCCCCCCCCCCn1c(N/N=C(/C)c2ccccc2)nc2c1c(=O)[nH]c(=O)n2C. The number of imidazole rings is 1. The molecule has 0 aliphatic carbocycles. The minimum absolute atomic E-state index is 0.360. The maximum Gasteiger partial charge on any atom is 0.329 e. The fraction of sp³-hybridized carbons (Fsp3) is 0.600. The predicted octanol–water partition coefficient (Wildman–Crippen LogP) is 6.74. The largest absolute Gasteiger partial charge is 0.329 e. The van der Waals surface area contributed by atoms with Gasteiger partial charge in [-0.2, -0.15) is 10.1 Å². The van der Waals surface area contributed by atoms with Gasteiger partial charge in [0.05, 0.1) is 5.71 Å². The highest BCUT2D eigenvalue weighted by Gasteiger charge is 2.17. The van der Waals surface area contributed by atoms with Gasteiger partial charge in [0.25, 0.3) is 5.56 Å². The van der Waals surface area contributed by atoms with Crippen LogP contribution >= 0.6 is 0 Å². The summed E-state index contributed by atoms with van der Waals surface area (Å²) >= 11 is 0. The normalized spacial score (nSPS) is 11.9. The van der Waals surface area contributed by atoms with Crippen LogP contribution in [0, 0.1) is 0 Å². The summed E-state index contributed by atoms with van der Waals surface area (Å²) in [5.41, 5.74) is 4.72. The van der Waals surface area contributed by atoms with Gasteiger partial charge in [0.1, 0.15) is 0 Å². The number of aromatic amines is 1. The molecule has 208 valence electrons. The van der Waals surface area contributed by atoms with Crippen LogP contribution in [0.5, 0.6) is 0 Å². The lowest BCUT2D eigenvalue weighted by Crippen LogP contribution is -2.29. The number of anilines is 1. The zero-order chi connectivity index (χ0) is 27.2. The van der Waals surface area contributed by atoms with Crippen molar-refractivity contribution >= 4 is 22.8 Å². The molecule has 0 unspecified atom stereocenters. The Morgan fingerprint density at radius 3 is 2.00 bits per heavy atom. The Hall–Kier alpha value is -3.16. The second-order valence-corrected chi connectivity index (χ2v) is 10.3. The monoisotopic (exact) mass is 522 g/mol. The Balaban J connectivity index is 1.50. The molecular formula is C30H46N6O2. The highest BCUT2D eigenvalue weighted by Crippen LogP contribution is 2.18. The molecule has 8 heteroatoms. The van der Waals surface area contributed by atoms with Gasteiger partial charge < -0.3 is 4.57 Å². The van der Waals surface area contributed by atoms with Crippen LogP contribution in [0.4, 0.5) is 5.95 Å². The molecule has 8 nitrogen and oxygen atoms in total.